The molecule has 0 aromatic carbocycles. The molecule has 0 saturated heterocycles. The first-order valence-corrected chi connectivity index (χ1v) is 5.50. The number of nitrogens with zero attached hydrogens (tertiary/aromatic N) is 1. The van der Waals surface area contributed by atoms with Gasteiger partial charge in [-0.3, -0.25) is 0 Å². The van der Waals surface area contributed by atoms with Crippen LogP contribution in [0.1, 0.15) is 31.3 Å². The number of carbonyl (C=O) groups excluding carboxylic acids is 1. The number of oxazole rings is 1. The predicted octanol–water partition coefficient (Wildman–Crippen LogP) is 1.66. The van der Waals surface area contributed by atoms with Gasteiger partial charge >= 0.3 is 12.0 Å². The average Bonchev–Trinajstić information content (AvgIpc) is 2.73. The Balaban J connectivity index is 2.33. The van der Waals surface area contributed by atoms with Crippen LogP contribution in [0.5, 0.6) is 6.08 Å². The molecule has 0 amide bonds. The molecular formula is C11H17NO5. The first-order chi connectivity index (χ1) is 8.13. The maximum absolute atomic E-state index is 11.3. The van der Waals surface area contributed by atoms with Crippen molar-refractivity contribution >= 4 is 5.97 Å². The molecular weight excluding hydrogens is 226 g/mol. The number of carbonyl (C=O) groups is 1. The highest BCUT2D eigenvalue weighted by molar-refractivity contribution is 5.86. The van der Waals surface area contributed by atoms with E-state index in [-0.39, 0.29) is 17.9 Å². The van der Waals surface area contributed by atoms with Gasteiger partial charge in [0.05, 0.1) is 19.3 Å². The summed E-state index contributed by atoms with van der Waals surface area (Å²) in [7, 11) is 0. The second-order valence-corrected chi connectivity index (χ2v) is 3.49. The Morgan fingerprint density at radius 1 is 1.47 bits per heavy atom. The van der Waals surface area contributed by atoms with Crippen molar-refractivity contribution in [3.63, 3.8) is 0 Å². The van der Waals surface area contributed by atoms with Gasteiger partial charge in [0.25, 0.3) is 0 Å². The predicted molar refractivity (Wildman–Crippen MR) is 59.0 cm³/mol. The van der Waals surface area contributed by atoms with E-state index in [0.717, 1.165) is 0 Å². The number of aromatic nitrogens is 1. The van der Waals surface area contributed by atoms with E-state index in [4.69, 9.17) is 18.6 Å². The molecule has 0 aliphatic carbocycles. The van der Waals surface area contributed by atoms with E-state index in [1.807, 2.05) is 13.8 Å². The van der Waals surface area contributed by atoms with E-state index < -0.39 is 5.97 Å². The highest BCUT2D eigenvalue weighted by atomic mass is 16.6. The van der Waals surface area contributed by atoms with Gasteiger partial charge in [-0.15, -0.1) is 0 Å². The van der Waals surface area contributed by atoms with Crippen LogP contribution in [-0.2, 0) is 9.47 Å². The van der Waals surface area contributed by atoms with Gasteiger partial charge in [0, 0.05) is 0 Å². The topological polar surface area (TPSA) is 70.8 Å². The monoisotopic (exact) mass is 243 g/mol. The van der Waals surface area contributed by atoms with Crippen LogP contribution in [0.3, 0.4) is 0 Å². The molecule has 0 saturated carbocycles. The number of ether oxygens (including phenoxy) is 3. The lowest BCUT2D eigenvalue weighted by molar-refractivity contribution is 0.0478. The van der Waals surface area contributed by atoms with Gasteiger partial charge in [-0.05, 0) is 20.8 Å². The number of hydrogen-bond donors (Lipinski definition) is 0. The van der Waals surface area contributed by atoms with Crippen LogP contribution in [0, 0.1) is 0 Å². The van der Waals surface area contributed by atoms with Crippen molar-refractivity contribution in [3.05, 3.63) is 12.0 Å². The third-order valence-electron chi connectivity index (χ3n) is 1.73. The van der Waals surface area contributed by atoms with Crippen molar-refractivity contribution in [1.29, 1.82) is 0 Å². The highest BCUT2D eigenvalue weighted by Gasteiger charge is 2.13. The van der Waals surface area contributed by atoms with Crippen molar-refractivity contribution in [2.24, 2.45) is 0 Å². The van der Waals surface area contributed by atoms with E-state index in [1.54, 1.807) is 6.92 Å². The van der Waals surface area contributed by atoms with Gasteiger partial charge in [-0.25, -0.2) is 4.79 Å². The van der Waals surface area contributed by atoms with Crippen molar-refractivity contribution in [2.75, 3.05) is 19.8 Å². The molecule has 0 aliphatic rings. The SMILES string of the molecule is CCOC(=O)c1coc(OCCOC(C)C)n1. The van der Waals surface area contributed by atoms with Gasteiger partial charge in [0.15, 0.2) is 5.69 Å². The fourth-order valence-electron chi connectivity index (χ4n) is 1.04. The smallest absolute Gasteiger partial charge is 0.394 e. The summed E-state index contributed by atoms with van der Waals surface area (Å²) >= 11 is 0. The molecule has 0 N–H and O–H groups in total. The number of hydrogen-bond acceptors (Lipinski definition) is 6. The lowest BCUT2D eigenvalue weighted by atomic mass is 10.5. The molecule has 6 heteroatoms. The summed E-state index contributed by atoms with van der Waals surface area (Å²) in [6, 6.07) is 0. The summed E-state index contributed by atoms with van der Waals surface area (Å²) in [4.78, 5) is 15.1. The minimum Gasteiger partial charge on any atom is -0.461 e. The Morgan fingerprint density at radius 2 is 2.24 bits per heavy atom. The lowest BCUT2D eigenvalue weighted by Gasteiger charge is -2.06. The maximum Gasteiger partial charge on any atom is 0.394 e. The summed E-state index contributed by atoms with van der Waals surface area (Å²) in [5, 5.41) is 0. The van der Waals surface area contributed by atoms with Crippen molar-refractivity contribution in [1.82, 2.24) is 4.98 Å². The molecule has 6 nitrogen and oxygen atoms in total. The Hall–Kier alpha value is -1.56. The van der Waals surface area contributed by atoms with Crippen LogP contribution >= 0.6 is 0 Å². The van der Waals surface area contributed by atoms with Gasteiger partial charge in [0.2, 0.25) is 0 Å². The standard InChI is InChI=1S/C11H17NO5/c1-4-14-10(13)9-7-17-11(12-9)16-6-5-15-8(2)3/h7-8H,4-6H2,1-3H3. The summed E-state index contributed by atoms with van der Waals surface area (Å²) in [5.41, 5.74) is 0.103. The summed E-state index contributed by atoms with van der Waals surface area (Å²) < 4.78 is 20.1. The summed E-state index contributed by atoms with van der Waals surface area (Å²) in [6.07, 6.45) is 1.40. The maximum atomic E-state index is 11.3. The fraction of sp³-hybridized carbons (Fsp3) is 0.636. The Labute approximate surface area is 99.9 Å². The first-order valence-electron chi connectivity index (χ1n) is 5.50. The Morgan fingerprint density at radius 3 is 2.88 bits per heavy atom. The highest BCUT2D eigenvalue weighted by Crippen LogP contribution is 2.10. The summed E-state index contributed by atoms with van der Waals surface area (Å²) in [6.45, 7) is 6.65. The molecule has 1 aromatic heterocycles. The van der Waals surface area contributed by atoms with Crippen LogP contribution in [0.15, 0.2) is 10.7 Å². The molecule has 0 radical (unpaired) electrons. The zero-order chi connectivity index (χ0) is 12.7. The van der Waals surface area contributed by atoms with Gasteiger partial charge in [0.1, 0.15) is 12.9 Å². The molecule has 0 spiro atoms. The second-order valence-electron chi connectivity index (χ2n) is 3.49. The molecule has 96 valence electrons. The molecule has 0 unspecified atom stereocenters. The van der Waals surface area contributed by atoms with Gasteiger partial charge in [-0.1, -0.05) is 0 Å². The minimum atomic E-state index is -0.524. The van der Waals surface area contributed by atoms with E-state index in [9.17, 15) is 4.79 Å². The van der Waals surface area contributed by atoms with Gasteiger partial charge in [-0.2, -0.15) is 4.98 Å². The normalized spacial score (nSPS) is 10.6. The van der Waals surface area contributed by atoms with E-state index in [0.29, 0.717) is 19.8 Å². The molecule has 0 atom stereocenters. The number of rotatable bonds is 7. The number of esters is 1. The van der Waals surface area contributed by atoms with Crippen LogP contribution in [0.2, 0.25) is 0 Å². The Kier molecular flexibility index (Phi) is 5.48. The molecule has 0 bridgehead atoms. The molecule has 1 aromatic rings. The van der Waals surface area contributed by atoms with Crippen molar-refractivity contribution in [3.8, 4) is 6.08 Å². The third-order valence-corrected chi connectivity index (χ3v) is 1.73. The van der Waals surface area contributed by atoms with Crippen LogP contribution in [0.4, 0.5) is 0 Å². The molecule has 17 heavy (non-hydrogen) atoms. The molecule has 0 aliphatic heterocycles. The van der Waals surface area contributed by atoms with Crippen molar-refractivity contribution in [2.45, 2.75) is 26.9 Å². The third kappa shape index (κ3) is 4.86. The van der Waals surface area contributed by atoms with Crippen LogP contribution in [0.25, 0.3) is 0 Å². The molecule has 0 fully saturated rings. The second kappa shape index (κ2) is 6.90. The van der Waals surface area contributed by atoms with Gasteiger partial charge < -0.3 is 18.6 Å². The quantitative estimate of drug-likeness (QED) is 0.535. The lowest BCUT2D eigenvalue weighted by Crippen LogP contribution is -2.11. The largest absolute Gasteiger partial charge is 0.461 e. The van der Waals surface area contributed by atoms with Crippen LogP contribution in [-0.4, -0.2) is 36.9 Å². The van der Waals surface area contributed by atoms with E-state index in [1.165, 1.54) is 6.26 Å². The fourth-order valence-corrected chi connectivity index (χ4v) is 1.04. The minimum absolute atomic E-state index is 0.0420. The van der Waals surface area contributed by atoms with Crippen LogP contribution < -0.4 is 4.74 Å². The van der Waals surface area contributed by atoms with E-state index in [2.05, 4.69) is 4.98 Å². The Bertz CT molecular complexity index is 347. The summed E-state index contributed by atoms with van der Waals surface area (Å²) in [5.74, 6) is -0.524. The molecule has 1 rings (SSSR count). The zero-order valence-electron chi connectivity index (χ0n) is 10.3. The van der Waals surface area contributed by atoms with Crippen molar-refractivity contribution < 1.29 is 23.4 Å². The molecule has 1 heterocycles. The zero-order valence-corrected chi connectivity index (χ0v) is 10.3. The van der Waals surface area contributed by atoms with E-state index >= 15 is 0 Å². The first kappa shape index (κ1) is 13.5. The average molecular weight is 243 g/mol.